The number of aromatic nitrogens is 2. The van der Waals surface area contributed by atoms with Crippen LogP contribution < -0.4 is 16.4 Å². The molecule has 1 aromatic heterocycles. The molecule has 2 aromatic carbocycles. The lowest BCUT2D eigenvalue weighted by atomic mass is 9.98. The van der Waals surface area contributed by atoms with Crippen molar-refractivity contribution in [3.8, 4) is 11.4 Å². The van der Waals surface area contributed by atoms with E-state index in [1.807, 2.05) is 66.1 Å². The maximum absolute atomic E-state index is 13.8. The Hall–Kier alpha value is -4.32. The monoisotopic (exact) mass is 611 g/mol. The van der Waals surface area contributed by atoms with E-state index in [-0.39, 0.29) is 36.3 Å². The van der Waals surface area contributed by atoms with E-state index in [0.29, 0.717) is 6.42 Å². The van der Waals surface area contributed by atoms with E-state index in [2.05, 4.69) is 20.7 Å². The van der Waals surface area contributed by atoms with Gasteiger partial charge in [-0.05, 0) is 62.0 Å². The number of alkyl carbamates (subject to hydrolysis) is 1. The minimum absolute atomic E-state index is 0.00749. The van der Waals surface area contributed by atoms with Gasteiger partial charge in [0.05, 0.1) is 12.6 Å². The summed E-state index contributed by atoms with van der Waals surface area (Å²) in [5.41, 5.74) is 2.19. The predicted molar refractivity (Wildman–Crippen MR) is 163 cm³/mol. The van der Waals surface area contributed by atoms with Crippen molar-refractivity contribution in [3.05, 3.63) is 76.0 Å². The van der Waals surface area contributed by atoms with Crippen LogP contribution in [0.2, 0.25) is 0 Å². The normalized spacial score (nSPS) is 12.8. The average molecular weight is 612 g/mol. The van der Waals surface area contributed by atoms with E-state index in [4.69, 9.17) is 9.26 Å². The highest BCUT2D eigenvalue weighted by Crippen LogP contribution is 2.18. The van der Waals surface area contributed by atoms with Gasteiger partial charge in [0.1, 0.15) is 18.5 Å². The Morgan fingerprint density at radius 2 is 1.59 bits per heavy atom. The van der Waals surface area contributed by atoms with E-state index in [1.54, 1.807) is 0 Å². The second kappa shape index (κ2) is 15.9. The Balaban J connectivity index is 1.69. The van der Waals surface area contributed by atoms with Crippen molar-refractivity contribution in [3.63, 3.8) is 0 Å². The highest BCUT2D eigenvalue weighted by atomic mass is 19.1. The lowest BCUT2D eigenvalue weighted by Crippen LogP contribution is -2.53. The van der Waals surface area contributed by atoms with Gasteiger partial charge >= 0.3 is 11.8 Å². The molecule has 238 valence electrons. The van der Waals surface area contributed by atoms with Gasteiger partial charge < -0.3 is 20.3 Å². The third kappa shape index (κ3) is 10.4. The van der Waals surface area contributed by atoms with E-state index in [1.165, 1.54) is 24.3 Å². The molecule has 0 aliphatic rings. The summed E-state index contributed by atoms with van der Waals surface area (Å²) in [7, 11) is 3.96. The van der Waals surface area contributed by atoms with Crippen molar-refractivity contribution >= 4 is 17.8 Å². The number of carbonyl (C=O) groups excluding carboxylic acids is 3. The summed E-state index contributed by atoms with van der Waals surface area (Å²) in [6.07, 6.45) is -0.175. The summed E-state index contributed by atoms with van der Waals surface area (Å²) in [4.78, 5) is 54.1. The number of carbonyl (C=O) groups is 3. The van der Waals surface area contributed by atoms with Crippen molar-refractivity contribution in [2.24, 2.45) is 11.8 Å². The van der Waals surface area contributed by atoms with E-state index < -0.39 is 48.0 Å². The Labute approximate surface area is 256 Å². The highest BCUT2D eigenvalue weighted by molar-refractivity contribution is 5.92. The molecule has 0 spiro atoms. The van der Waals surface area contributed by atoms with Crippen LogP contribution in [0.4, 0.5) is 9.18 Å². The molecule has 0 saturated heterocycles. The first-order chi connectivity index (χ1) is 20.8. The van der Waals surface area contributed by atoms with Crippen LogP contribution in [0.3, 0.4) is 0 Å². The Morgan fingerprint density at radius 1 is 0.955 bits per heavy atom. The largest absolute Gasteiger partial charge is 0.445 e. The fraction of sp³-hybridized carbons (Fsp3) is 0.469. The first-order valence-corrected chi connectivity index (χ1v) is 14.6. The van der Waals surface area contributed by atoms with Crippen LogP contribution in [0, 0.1) is 17.7 Å². The number of Topliss-reactive ketones (excluding diaryl/α,β-unsaturated/α-hetero) is 1. The van der Waals surface area contributed by atoms with Crippen molar-refractivity contribution in [1.82, 2.24) is 25.3 Å². The minimum Gasteiger partial charge on any atom is -0.445 e. The maximum Gasteiger partial charge on any atom is 0.442 e. The molecule has 0 radical (unpaired) electrons. The second-order valence-corrected chi connectivity index (χ2v) is 12.0. The van der Waals surface area contributed by atoms with E-state index in [9.17, 15) is 23.6 Å². The quantitative estimate of drug-likeness (QED) is 0.262. The molecule has 0 fully saturated rings. The zero-order valence-corrected chi connectivity index (χ0v) is 26.1. The fourth-order valence-corrected chi connectivity index (χ4v) is 4.67. The standard InChI is InChI=1S/C32H42FN5O6/c1-20(2)14-26(28(39)18-38-29(36-44-32(38)42)24-8-7-9-25(33)16-24)34-30(40)27(15-21(3)4)35-31(41)43-19-23-12-10-22(11-13-23)17-37(5)6/h7-13,16,20-21,26-27H,14-15,17-19H2,1-6H3,(H,34,40)(H,35,41)/t26-,27-/m0/s1. The molecule has 0 bridgehead atoms. The number of nitrogens with one attached hydrogen (secondary N) is 2. The number of hydrogen-bond donors (Lipinski definition) is 2. The van der Waals surface area contributed by atoms with Crippen molar-refractivity contribution in [2.45, 2.75) is 72.3 Å². The van der Waals surface area contributed by atoms with Crippen LogP contribution >= 0.6 is 0 Å². The molecule has 1 heterocycles. The first kappa shape index (κ1) is 34.2. The van der Waals surface area contributed by atoms with Gasteiger partial charge in [-0.15, -0.1) is 0 Å². The summed E-state index contributed by atoms with van der Waals surface area (Å²) in [6, 6.07) is 11.2. The van der Waals surface area contributed by atoms with Gasteiger partial charge in [-0.2, -0.15) is 0 Å². The Kier molecular flexibility index (Phi) is 12.4. The van der Waals surface area contributed by atoms with E-state index >= 15 is 0 Å². The molecule has 0 unspecified atom stereocenters. The molecule has 12 heteroatoms. The van der Waals surface area contributed by atoms with Crippen LogP contribution in [0.5, 0.6) is 0 Å². The lowest BCUT2D eigenvalue weighted by molar-refractivity contribution is -0.129. The maximum atomic E-state index is 13.8. The topological polar surface area (TPSA) is 136 Å². The molecule has 2 amide bonds. The second-order valence-electron chi connectivity index (χ2n) is 12.0. The summed E-state index contributed by atoms with van der Waals surface area (Å²) < 4.78 is 25.0. The predicted octanol–water partition coefficient (Wildman–Crippen LogP) is 4.15. The zero-order chi connectivity index (χ0) is 32.4. The molecule has 0 aliphatic carbocycles. The lowest BCUT2D eigenvalue weighted by Gasteiger charge is -2.25. The van der Waals surface area contributed by atoms with Crippen molar-refractivity contribution in [2.75, 3.05) is 14.1 Å². The van der Waals surface area contributed by atoms with Gasteiger partial charge in [-0.1, -0.05) is 69.2 Å². The van der Waals surface area contributed by atoms with Gasteiger partial charge in [0, 0.05) is 12.1 Å². The van der Waals surface area contributed by atoms with Gasteiger partial charge in [-0.25, -0.2) is 18.5 Å². The highest BCUT2D eigenvalue weighted by Gasteiger charge is 2.29. The smallest absolute Gasteiger partial charge is 0.442 e. The third-order valence-electron chi connectivity index (χ3n) is 6.70. The molecule has 0 saturated carbocycles. The molecule has 2 N–H and O–H groups in total. The van der Waals surface area contributed by atoms with Crippen LogP contribution in [-0.4, -0.2) is 58.6 Å². The summed E-state index contributed by atoms with van der Waals surface area (Å²) in [5, 5.41) is 9.12. The molecule has 0 aliphatic heterocycles. The minimum atomic E-state index is -0.974. The molecular weight excluding hydrogens is 569 g/mol. The summed E-state index contributed by atoms with van der Waals surface area (Å²) in [5.74, 6) is -2.41. The van der Waals surface area contributed by atoms with Crippen LogP contribution in [-0.2, 0) is 34.0 Å². The Morgan fingerprint density at radius 3 is 2.20 bits per heavy atom. The van der Waals surface area contributed by atoms with Crippen LogP contribution in [0.15, 0.2) is 57.8 Å². The number of nitrogens with zero attached hydrogens (tertiary/aromatic N) is 3. The summed E-state index contributed by atoms with van der Waals surface area (Å²) in [6.45, 7) is 7.97. The SMILES string of the molecule is CC(C)C[C@H](NC(=O)[C@H](CC(C)C)NC(=O)OCc1ccc(CN(C)C)cc1)C(=O)Cn1c(-c2cccc(F)c2)noc1=O. The number of rotatable bonds is 15. The molecular formula is C32H42FN5O6. The van der Waals surface area contributed by atoms with Crippen molar-refractivity contribution in [1.29, 1.82) is 0 Å². The number of benzene rings is 2. The van der Waals surface area contributed by atoms with Crippen LogP contribution in [0.25, 0.3) is 11.4 Å². The number of hydrogen-bond acceptors (Lipinski definition) is 8. The molecule has 3 rings (SSSR count). The van der Waals surface area contributed by atoms with Gasteiger partial charge in [0.15, 0.2) is 11.6 Å². The number of ketones is 1. The first-order valence-electron chi connectivity index (χ1n) is 14.6. The third-order valence-corrected chi connectivity index (χ3v) is 6.70. The van der Waals surface area contributed by atoms with E-state index in [0.717, 1.165) is 22.2 Å². The van der Waals surface area contributed by atoms with Crippen molar-refractivity contribution < 1.29 is 28.0 Å². The molecule has 2 atom stereocenters. The number of halogens is 1. The number of amides is 2. The Bertz CT molecular complexity index is 1460. The van der Waals surface area contributed by atoms with Gasteiger partial charge in [0.2, 0.25) is 5.91 Å². The van der Waals surface area contributed by atoms with Crippen LogP contribution in [0.1, 0.15) is 51.7 Å². The molecule has 3 aromatic rings. The molecule has 44 heavy (non-hydrogen) atoms. The van der Waals surface area contributed by atoms with Gasteiger partial charge in [-0.3, -0.25) is 14.1 Å². The molecule has 11 nitrogen and oxygen atoms in total. The average Bonchev–Trinajstić information content (AvgIpc) is 3.30. The fourth-order valence-electron chi connectivity index (χ4n) is 4.67. The number of ether oxygens (including phenoxy) is 1. The zero-order valence-electron chi connectivity index (χ0n) is 26.1. The van der Waals surface area contributed by atoms with Gasteiger partial charge in [0.25, 0.3) is 0 Å². The summed E-state index contributed by atoms with van der Waals surface area (Å²) >= 11 is 0.